The van der Waals surface area contributed by atoms with Crippen molar-refractivity contribution in [3.05, 3.63) is 29.8 Å². The number of ether oxygens (including phenoxy) is 1. The molecule has 1 rings (SSSR count). The Bertz CT molecular complexity index is 357. The number of anilines is 1. The van der Waals surface area contributed by atoms with Crippen LogP contribution in [0.3, 0.4) is 0 Å². The van der Waals surface area contributed by atoms with E-state index in [2.05, 4.69) is 19.2 Å². The number of rotatable bonds is 8. The second kappa shape index (κ2) is 7.88. The van der Waals surface area contributed by atoms with E-state index in [1.54, 1.807) is 6.92 Å². The van der Waals surface area contributed by atoms with Crippen LogP contribution in [0.25, 0.3) is 0 Å². The highest BCUT2D eigenvalue weighted by Gasteiger charge is 1.98. The van der Waals surface area contributed by atoms with Crippen molar-refractivity contribution in [3.63, 3.8) is 0 Å². The van der Waals surface area contributed by atoms with Gasteiger partial charge in [-0.15, -0.1) is 0 Å². The van der Waals surface area contributed by atoms with Gasteiger partial charge in [0.1, 0.15) is 0 Å². The Morgan fingerprint density at radius 3 is 2.50 bits per heavy atom. The summed E-state index contributed by atoms with van der Waals surface area (Å²) >= 11 is 0. The van der Waals surface area contributed by atoms with Gasteiger partial charge in [-0.2, -0.15) is 0 Å². The fourth-order valence-corrected chi connectivity index (χ4v) is 1.55. The number of carbonyl (C=O) groups excluding carboxylic acids is 1. The van der Waals surface area contributed by atoms with Crippen molar-refractivity contribution >= 4 is 11.5 Å². The minimum atomic E-state index is 0.101. The molecule has 0 saturated carbocycles. The highest BCUT2D eigenvalue weighted by atomic mass is 16.5. The Balaban J connectivity index is 2.17. The van der Waals surface area contributed by atoms with Crippen molar-refractivity contribution in [3.8, 4) is 0 Å². The first-order chi connectivity index (χ1) is 8.59. The van der Waals surface area contributed by atoms with E-state index in [1.165, 1.54) is 0 Å². The number of Topliss-reactive ketones (excluding diaryl/α,β-unsaturated/α-hetero) is 1. The molecule has 0 amide bonds. The van der Waals surface area contributed by atoms with Crippen LogP contribution in [0.5, 0.6) is 0 Å². The lowest BCUT2D eigenvalue weighted by atomic mass is 10.1. The predicted molar refractivity (Wildman–Crippen MR) is 75.2 cm³/mol. The largest absolute Gasteiger partial charge is 0.385 e. The highest BCUT2D eigenvalue weighted by molar-refractivity contribution is 5.94. The lowest BCUT2D eigenvalue weighted by Crippen LogP contribution is -2.08. The SMILES string of the molecule is CC(=O)c1ccc(NCCCOCC(C)C)cc1. The van der Waals surface area contributed by atoms with Gasteiger partial charge in [0, 0.05) is 31.0 Å². The first-order valence-corrected chi connectivity index (χ1v) is 6.52. The zero-order valence-corrected chi connectivity index (χ0v) is 11.5. The molecule has 1 aromatic rings. The van der Waals surface area contributed by atoms with Crippen LogP contribution in [0.1, 0.15) is 37.6 Å². The Morgan fingerprint density at radius 2 is 1.94 bits per heavy atom. The molecule has 0 fully saturated rings. The molecule has 0 radical (unpaired) electrons. The quantitative estimate of drug-likeness (QED) is 0.567. The van der Waals surface area contributed by atoms with Crippen molar-refractivity contribution in [1.82, 2.24) is 0 Å². The first-order valence-electron chi connectivity index (χ1n) is 6.52. The van der Waals surface area contributed by atoms with Crippen LogP contribution in [-0.4, -0.2) is 25.5 Å². The van der Waals surface area contributed by atoms with Gasteiger partial charge in [-0.05, 0) is 43.5 Å². The molecule has 100 valence electrons. The summed E-state index contributed by atoms with van der Waals surface area (Å²) in [6.07, 6.45) is 0.987. The highest BCUT2D eigenvalue weighted by Crippen LogP contribution is 2.09. The Labute approximate surface area is 110 Å². The van der Waals surface area contributed by atoms with Crippen molar-refractivity contribution in [2.75, 3.05) is 25.1 Å². The lowest BCUT2D eigenvalue weighted by molar-refractivity contribution is 0.101. The number of carbonyl (C=O) groups is 1. The summed E-state index contributed by atoms with van der Waals surface area (Å²) in [6, 6.07) is 7.57. The molecule has 3 nitrogen and oxygen atoms in total. The third kappa shape index (κ3) is 5.82. The fourth-order valence-electron chi connectivity index (χ4n) is 1.55. The second-order valence-corrected chi connectivity index (χ2v) is 4.88. The molecule has 3 heteroatoms. The number of ketones is 1. The average Bonchev–Trinajstić information content (AvgIpc) is 2.34. The van der Waals surface area contributed by atoms with Crippen molar-refractivity contribution < 1.29 is 9.53 Å². The molecule has 0 spiro atoms. The zero-order chi connectivity index (χ0) is 13.4. The molecule has 0 bridgehead atoms. The van der Waals surface area contributed by atoms with E-state index < -0.39 is 0 Å². The fraction of sp³-hybridized carbons (Fsp3) is 0.533. The summed E-state index contributed by atoms with van der Waals surface area (Å²) in [6.45, 7) is 8.37. The summed E-state index contributed by atoms with van der Waals surface area (Å²) in [4.78, 5) is 11.1. The number of hydrogen-bond acceptors (Lipinski definition) is 3. The van der Waals surface area contributed by atoms with Crippen molar-refractivity contribution in [2.24, 2.45) is 5.92 Å². The summed E-state index contributed by atoms with van der Waals surface area (Å²) in [5.41, 5.74) is 1.80. The Kier molecular flexibility index (Phi) is 6.44. The minimum absolute atomic E-state index is 0.101. The van der Waals surface area contributed by atoms with Gasteiger partial charge in [0.2, 0.25) is 0 Å². The molecular formula is C15H23NO2. The van der Waals surface area contributed by atoms with Gasteiger partial charge < -0.3 is 10.1 Å². The maximum Gasteiger partial charge on any atom is 0.159 e. The lowest BCUT2D eigenvalue weighted by Gasteiger charge is -2.08. The van der Waals surface area contributed by atoms with E-state index in [0.29, 0.717) is 5.92 Å². The number of hydrogen-bond donors (Lipinski definition) is 1. The number of nitrogens with one attached hydrogen (secondary N) is 1. The van der Waals surface area contributed by atoms with Gasteiger partial charge in [0.15, 0.2) is 5.78 Å². The average molecular weight is 249 g/mol. The van der Waals surface area contributed by atoms with Crippen LogP contribution in [0.4, 0.5) is 5.69 Å². The smallest absolute Gasteiger partial charge is 0.159 e. The Morgan fingerprint density at radius 1 is 1.28 bits per heavy atom. The van der Waals surface area contributed by atoms with Gasteiger partial charge in [-0.1, -0.05) is 13.8 Å². The van der Waals surface area contributed by atoms with Crippen molar-refractivity contribution in [2.45, 2.75) is 27.2 Å². The molecule has 0 aliphatic heterocycles. The summed E-state index contributed by atoms with van der Waals surface area (Å²) in [5.74, 6) is 0.695. The zero-order valence-electron chi connectivity index (χ0n) is 11.5. The van der Waals surface area contributed by atoms with Crippen LogP contribution >= 0.6 is 0 Å². The predicted octanol–water partition coefficient (Wildman–Crippen LogP) is 3.36. The van der Waals surface area contributed by atoms with E-state index >= 15 is 0 Å². The van der Waals surface area contributed by atoms with E-state index in [-0.39, 0.29) is 5.78 Å². The molecule has 0 aromatic heterocycles. The standard InChI is InChI=1S/C15H23NO2/c1-12(2)11-18-10-4-9-16-15-7-5-14(6-8-15)13(3)17/h5-8,12,16H,4,9-11H2,1-3H3. The molecule has 0 heterocycles. The van der Waals surface area contributed by atoms with Gasteiger partial charge >= 0.3 is 0 Å². The van der Waals surface area contributed by atoms with E-state index in [9.17, 15) is 4.79 Å². The first kappa shape index (κ1) is 14.7. The number of benzene rings is 1. The summed E-state index contributed by atoms with van der Waals surface area (Å²) < 4.78 is 5.50. The monoisotopic (exact) mass is 249 g/mol. The third-order valence-electron chi connectivity index (χ3n) is 2.54. The van der Waals surface area contributed by atoms with E-state index in [4.69, 9.17) is 4.74 Å². The molecule has 1 aromatic carbocycles. The molecule has 1 N–H and O–H groups in total. The van der Waals surface area contributed by atoms with E-state index in [1.807, 2.05) is 24.3 Å². The maximum absolute atomic E-state index is 11.1. The molecule has 18 heavy (non-hydrogen) atoms. The van der Waals surface area contributed by atoms with Crippen LogP contribution < -0.4 is 5.32 Å². The third-order valence-corrected chi connectivity index (χ3v) is 2.54. The Hall–Kier alpha value is -1.35. The summed E-state index contributed by atoms with van der Waals surface area (Å²) in [5, 5.41) is 3.31. The molecule has 0 aliphatic carbocycles. The van der Waals surface area contributed by atoms with Crippen LogP contribution in [0, 0.1) is 5.92 Å². The second-order valence-electron chi connectivity index (χ2n) is 4.88. The van der Waals surface area contributed by atoms with Crippen LogP contribution in [0.2, 0.25) is 0 Å². The molecule has 0 atom stereocenters. The molecule has 0 unspecified atom stereocenters. The molecule has 0 saturated heterocycles. The van der Waals surface area contributed by atoms with Gasteiger partial charge in [-0.25, -0.2) is 0 Å². The normalized spacial score (nSPS) is 10.7. The minimum Gasteiger partial charge on any atom is -0.385 e. The summed E-state index contributed by atoms with van der Waals surface area (Å²) in [7, 11) is 0. The van der Waals surface area contributed by atoms with Gasteiger partial charge in [0.05, 0.1) is 0 Å². The van der Waals surface area contributed by atoms with Crippen LogP contribution in [0.15, 0.2) is 24.3 Å². The van der Waals surface area contributed by atoms with Crippen LogP contribution in [-0.2, 0) is 4.74 Å². The molecular weight excluding hydrogens is 226 g/mol. The topological polar surface area (TPSA) is 38.3 Å². The van der Waals surface area contributed by atoms with E-state index in [0.717, 1.165) is 37.4 Å². The van der Waals surface area contributed by atoms with Gasteiger partial charge in [-0.3, -0.25) is 4.79 Å². The van der Waals surface area contributed by atoms with Crippen molar-refractivity contribution in [1.29, 1.82) is 0 Å². The van der Waals surface area contributed by atoms with Gasteiger partial charge in [0.25, 0.3) is 0 Å². The maximum atomic E-state index is 11.1. The molecule has 0 aliphatic rings.